The Bertz CT molecular complexity index is 3210. The van der Waals surface area contributed by atoms with Crippen LogP contribution in [-0.2, 0) is 0 Å². The number of hydrogen-bond donors (Lipinski definition) is 1. The van der Waals surface area contributed by atoms with Gasteiger partial charge in [0, 0.05) is 39.0 Å². The molecule has 9 aromatic carbocycles. The monoisotopic (exact) mass is 770 g/mol. The molecule has 284 valence electrons. The van der Waals surface area contributed by atoms with E-state index in [4.69, 9.17) is 14.4 Å². The van der Waals surface area contributed by atoms with Crippen molar-refractivity contribution >= 4 is 61.4 Å². The van der Waals surface area contributed by atoms with Crippen molar-refractivity contribution in [3.8, 4) is 22.3 Å². The summed E-state index contributed by atoms with van der Waals surface area (Å²) in [5.74, 6) is 1.44. The number of furan rings is 1. The van der Waals surface area contributed by atoms with Crippen molar-refractivity contribution < 1.29 is 4.42 Å². The van der Waals surface area contributed by atoms with Gasteiger partial charge in [0.05, 0.1) is 0 Å². The summed E-state index contributed by atoms with van der Waals surface area (Å²) >= 11 is 0. The fourth-order valence-corrected chi connectivity index (χ4v) is 8.49. The normalized spacial score (nSPS) is 13.8. The van der Waals surface area contributed by atoms with E-state index < -0.39 is 0 Å². The first kappa shape index (κ1) is 35.2. The molecule has 10 aromatic rings. The Labute approximate surface area is 348 Å². The van der Waals surface area contributed by atoms with Crippen LogP contribution in [-0.4, -0.2) is 11.7 Å². The molecule has 5 nitrogen and oxygen atoms in total. The van der Waals surface area contributed by atoms with E-state index in [1.807, 2.05) is 42.5 Å². The molecule has 0 spiro atoms. The highest BCUT2D eigenvalue weighted by Crippen LogP contribution is 2.43. The van der Waals surface area contributed by atoms with Crippen LogP contribution in [0.5, 0.6) is 0 Å². The molecule has 1 aliphatic rings. The lowest BCUT2D eigenvalue weighted by Gasteiger charge is -2.26. The lowest BCUT2D eigenvalue weighted by Crippen LogP contribution is -2.33. The number of rotatable bonds is 8. The maximum Gasteiger partial charge on any atom is 0.159 e. The highest BCUT2D eigenvalue weighted by atomic mass is 16.3. The Morgan fingerprint density at radius 2 is 1.02 bits per heavy atom. The third kappa shape index (κ3) is 6.39. The summed E-state index contributed by atoms with van der Waals surface area (Å²) in [6.07, 6.45) is -0.306. The zero-order valence-electron chi connectivity index (χ0n) is 32.6. The van der Waals surface area contributed by atoms with Gasteiger partial charge in [-0.1, -0.05) is 170 Å². The van der Waals surface area contributed by atoms with Crippen molar-refractivity contribution in [1.29, 1.82) is 0 Å². The van der Waals surface area contributed by atoms with Gasteiger partial charge in [-0.15, -0.1) is 0 Å². The van der Waals surface area contributed by atoms with Crippen LogP contribution in [0.2, 0.25) is 0 Å². The molecule has 0 fully saturated rings. The first-order valence-corrected chi connectivity index (χ1v) is 20.3. The Balaban J connectivity index is 1.02. The van der Waals surface area contributed by atoms with Crippen LogP contribution in [0.25, 0.3) is 55.0 Å². The molecule has 0 saturated carbocycles. The van der Waals surface area contributed by atoms with E-state index in [1.165, 1.54) is 11.1 Å². The molecule has 2 heterocycles. The van der Waals surface area contributed by atoms with E-state index in [1.54, 1.807) is 0 Å². The van der Waals surface area contributed by atoms with Gasteiger partial charge in [-0.05, 0) is 87.1 Å². The zero-order valence-corrected chi connectivity index (χ0v) is 32.6. The van der Waals surface area contributed by atoms with Crippen LogP contribution in [0.1, 0.15) is 22.9 Å². The Kier molecular flexibility index (Phi) is 8.82. The van der Waals surface area contributed by atoms with Gasteiger partial charge in [0.1, 0.15) is 23.2 Å². The van der Waals surface area contributed by atoms with Crippen molar-refractivity contribution in [3.05, 3.63) is 235 Å². The second-order valence-electron chi connectivity index (χ2n) is 15.0. The van der Waals surface area contributed by atoms with Crippen molar-refractivity contribution in [3.63, 3.8) is 0 Å². The molecule has 1 unspecified atom stereocenters. The molecule has 5 heteroatoms. The maximum atomic E-state index is 6.78. The topological polar surface area (TPSA) is 53.1 Å². The van der Waals surface area contributed by atoms with Gasteiger partial charge >= 0.3 is 0 Å². The van der Waals surface area contributed by atoms with E-state index in [2.05, 4.69) is 186 Å². The summed E-state index contributed by atoms with van der Waals surface area (Å²) < 4.78 is 6.78. The van der Waals surface area contributed by atoms with Crippen LogP contribution in [0.15, 0.2) is 233 Å². The Morgan fingerprint density at radius 1 is 0.417 bits per heavy atom. The van der Waals surface area contributed by atoms with Crippen molar-refractivity contribution in [1.82, 2.24) is 5.32 Å². The fraction of sp³-hybridized carbons (Fsp3) is 0.0182. The maximum absolute atomic E-state index is 6.78. The number of nitrogens with zero attached hydrogens (tertiary/aromatic N) is 3. The van der Waals surface area contributed by atoms with Crippen LogP contribution < -0.4 is 10.2 Å². The smallest absolute Gasteiger partial charge is 0.159 e. The largest absolute Gasteiger partial charge is 0.456 e. The Hall–Kier alpha value is -8.02. The molecule has 0 amide bonds. The second kappa shape index (κ2) is 15.1. The zero-order chi connectivity index (χ0) is 39.8. The van der Waals surface area contributed by atoms with Crippen LogP contribution >= 0.6 is 0 Å². The molecule has 0 bridgehead atoms. The molecule has 11 rings (SSSR count). The first-order chi connectivity index (χ1) is 29.7. The lowest BCUT2D eigenvalue weighted by molar-refractivity contribution is 0.668. The molecule has 0 radical (unpaired) electrons. The number of anilines is 3. The van der Waals surface area contributed by atoms with Crippen molar-refractivity contribution in [2.24, 2.45) is 9.98 Å². The summed E-state index contributed by atoms with van der Waals surface area (Å²) in [6, 6.07) is 76.3. The highest BCUT2D eigenvalue weighted by molar-refractivity contribution is 6.28. The number of aliphatic imine (C=N–C) groups is 2. The minimum absolute atomic E-state index is 0.306. The van der Waals surface area contributed by atoms with Gasteiger partial charge in [0.2, 0.25) is 0 Å². The summed E-state index contributed by atoms with van der Waals surface area (Å²) in [7, 11) is 0. The van der Waals surface area contributed by atoms with Crippen molar-refractivity contribution in [2.45, 2.75) is 6.17 Å². The molecule has 0 aliphatic carbocycles. The van der Waals surface area contributed by atoms with E-state index in [0.717, 1.165) is 83.4 Å². The Morgan fingerprint density at radius 3 is 1.77 bits per heavy atom. The number of hydrogen-bond acceptors (Lipinski definition) is 5. The molecule has 1 atom stereocenters. The van der Waals surface area contributed by atoms with Gasteiger partial charge in [-0.25, -0.2) is 9.98 Å². The minimum Gasteiger partial charge on any atom is -0.456 e. The first-order valence-electron chi connectivity index (χ1n) is 20.3. The highest BCUT2D eigenvalue weighted by Gasteiger charge is 2.25. The second-order valence-corrected chi connectivity index (χ2v) is 15.0. The fourth-order valence-electron chi connectivity index (χ4n) is 8.49. The van der Waals surface area contributed by atoms with Gasteiger partial charge in [0.25, 0.3) is 0 Å². The van der Waals surface area contributed by atoms with Crippen LogP contribution in [0.4, 0.5) is 17.1 Å². The number of benzene rings is 9. The van der Waals surface area contributed by atoms with Gasteiger partial charge in [-0.2, -0.15) is 0 Å². The summed E-state index contributed by atoms with van der Waals surface area (Å²) in [5.41, 5.74) is 12.5. The van der Waals surface area contributed by atoms with E-state index in [0.29, 0.717) is 5.84 Å². The standard InChI is InChI=1S/C55H38N4O/c1-5-17-37(18-6-1)41-23-15-26-44(35-41)59(42-24-11-4-12-25-42)43-33-31-38(32-34-43)48-36-50-51(46-28-14-13-27-45(46)48)52-47(29-16-30-49(52)60-50)55-57-53(39-19-7-2-8-20-39)56-54(58-55)40-21-9-3-10-22-40/h1-36,53H,(H,56,57,58). The van der Waals surface area contributed by atoms with Gasteiger partial charge < -0.3 is 14.6 Å². The summed E-state index contributed by atoms with van der Waals surface area (Å²) in [6.45, 7) is 0. The van der Waals surface area contributed by atoms with E-state index >= 15 is 0 Å². The van der Waals surface area contributed by atoms with E-state index in [9.17, 15) is 0 Å². The molecule has 1 N–H and O–H groups in total. The predicted octanol–water partition coefficient (Wildman–Crippen LogP) is 14.0. The van der Waals surface area contributed by atoms with E-state index in [-0.39, 0.29) is 6.17 Å². The third-order valence-electron chi connectivity index (χ3n) is 11.3. The third-order valence-corrected chi connectivity index (χ3v) is 11.3. The van der Waals surface area contributed by atoms with Crippen LogP contribution in [0, 0.1) is 0 Å². The van der Waals surface area contributed by atoms with Crippen LogP contribution in [0.3, 0.4) is 0 Å². The van der Waals surface area contributed by atoms with Gasteiger partial charge in [-0.3, -0.25) is 0 Å². The molecular weight excluding hydrogens is 733 g/mol. The summed E-state index contributed by atoms with van der Waals surface area (Å²) in [4.78, 5) is 12.6. The molecule has 60 heavy (non-hydrogen) atoms. The lowest BCUT2D eigenvalue weighted by atomic mass is 9.93. The quantitative estimate of drug-likeness (QED) is 0.167. The molecular formula is C55H38N4O. The minimum atomic E-state index is -0.306. The predicted molar refractivity (Wildman–Crippen MR) is 249 cm³/mol. The summed E-state index contributed by atoms with van der Waals surface area (Å²) in [5, 5.41) is 8.04. The number of amidine groups is 2. The average molecular weight is 771 g/mol. The average Bonchev–Trinajstić information content (AvgIpc) is 3.72. The SMILES string of the molecule is c1ccc(C2=NC(c3ccccc3)NC(c3cccc4oc5cc(-c6ccc(N(c7ccccc7)c7cccc(-c8ccccc8)c7)cc6)c6ccccc6c5c34)=N2)cc1. The molecule has 0 saturated heterocycles. The molecule has 1 aromatic heterocycles. The van der Waals surface area contributed by atoms with Crippen molar-refractivity contribution in [2.75, 3.05) is 4.90 Å². The number of nitrogens with one attached hydrogen (secondary N) is 1. The number of para-hydroxylation sites is 1. The molecule has 1 aliphatic heterocycles. The number of fused-ring (bicyclic) bond motifs is 5. The van der Waals surface area contributed by atoms with Gasteiger partial charge in [0.15, 0.2) is 5.84 Å².